The van der Waals surface area contributed by atoms with Crippen LogP contribution in [0.25, 0.3) is 11.4 Å². The lowest BCUT2D eigenvalue weighted by atomic mass is 9.94. The van der Waals surface area contributed by atoms with Gasteiger partial charge in [-0.15, -0.1) is 10.2 Å². The number of aromatic nitrogens is 7. The molecule has 0 aromatic carbocycles. The number of pyridine rings is 1. The molecule has 1 aliphatic heterocycles. The topological polar surface area (TPSA) is 104 Å². The lowest BCUT2D eigenvalue weighted by molar-refractivity contribution is -0.144. The molecule has 12 heteroatoms. The van der Waals surface area contributed by atoms with E-state index in [1.165, 1.54) is 12.8 Å². The molecule has 10 nitrogen and oxygen atoms in total. The minimum absolute atomic E-state index is 0.0529. The quantitative estimate of drug-likeness (QED) is 0.378. The van der Waals surface area contributed by atoms with E-state index >= 15 is 0 Å². The van der Waals surface area contributed by atoms with Crippen molar-refractivity contribution < 1.29 is 18.3 Å². The van der Waals surface area contributed by atoms with Gasteiger partial charge in [0.05, 0.1) is 48.5 Å². The highest BCUT2D eigenvalue weighted by Crippen LogP contribution is 2.35. The standard InChI is InChI=1S/C25H32F2N8O2/c1-3-37-22(36)12-17-5-4-10-34(14-17)20-9-8-19(29-24(20)25(26)27)23-21(33(2)32-30-23)15-35-18(13-28-31-35)11-16-6-7-16/h8-9,13,16-17,25H,3-7,10-12,14-15H2,1-2H3/t17-/m1/s1. The molecular formula is C25H32F2N8O2. The van der Waals surface area contributed by atoms with E-state index < -0.39 is 6.43 Å². The molecule has 1 saturated carbocycles. The van der Waals surface area contributed by atoms with Crippen molar-refractivity contribution in [1.29, 1.82) is 0 Å². The molecular weight excluding hydrogens is 482 g/mol. The van der Waals surface area contributed by atoms with Gasteiger partial charge in [0.25, 0.3) is 6.43 Å². The van der Waals surface area contributed by atoms with Crippen molar-refractivity contribution in [2.24, 2.45) is 18.9 Å². The summed E-state index contributed by atoms with van der Waals surface area (Å²) in [7, 11) is 1.77. The second kappa shape index (κ2) is 10.9. The number of hydrogen-bond donors (Lipinski definition) is 0. The van der Waals surface area contributed by atoms with Gasteiger partial charge in [0.2, 0.25) is 0 Å². The average molecular weight is 515 g/mol. The molecule has 198 valence electrons. The van der Waals surface area contributed by atoms with Crippen LogP contribution >= 0.6 is 0 Å². The van der Waals surface area contributed by atoms with Crippen molar-refractivity contribution in [3.05, 3.63) is 35.4 Å². The third-order valence-electron chi connectivity index (χ3n) is 7.11. The maximum atomic E-state index is 14.3. The Hall–Kier alpha value is -3.44. The molecule has 4 heterocycles. The molecule has 2 fully saturated rings. The van der Waals surface area contributed by atoms with Crippen LogP contribution in [0.1, 0.15) is 62.5 Å². The van der Waals surface area contributed by atoms with Crippen LogP contribution in [0.2, 0.25) is 0 Å². The highest BCUT2D eigenvalue weighted by Gasteiger charge is 2.28. The highest BCUT2D eigenvalue weighted by atomic mass is 19.3. The molecule has 0 N–H and O–H groups in total. The van der Waals surface area contributed by atoms with E-state index in [9.17, 15) is 13.6 Å². The number of ether oxygens (including phenoxy) is 1. The van der Waals surface area contributed by atoms with E-state index in [2.05, 4.69) is 25.6 Å². The molecule has 2 aliphatic rings. The molecule has 1 saturated heterocycles. The van der Waals surface area contributed by atoms with Crippen LogP contribution in [0.4, 0.5) is 14.5 Å². The fourth-order valence-electron chi connectivity index (χ4n) is 5.02. The summed E-state index contributed by atoms with van der Waals surface area (Å²) in [6.45, 7) is 3.61. The van der Waals surface area contributed by atoms with E-state index in [4.69, 9.17) is 4.74 Å². The maximum Gasteiger partial charge on any atom is 0.306 e. The molecule has 0 amide bonds. The molecule has 37 heavy (non-hydrogen) atoms. The highest BCUT2D eigenvalue weighted by molar-refractivity contribution is 5.70. The molecule has 1 aliphatic carbocycles. The van der Waals surface area contributed by atoms with E-state index in [1.54, 1.807) is 37.0 Å². The second-order valence-corrected chi connectivity index (χ2v) is 9.90. The van der Waals surface area contributed by atoms with Gasteiger partial charge in [-0.05, 0) is 63.0 Å². The minimum Gasteiger partial charge on any atom is -0.466 e. The lowest BCUT2D eigenvalue weighted by Crippen LogP contribution is -2.37. The molecule has 1 atom stereocenters. The van der Waals surface area contributed by atoms with Gasteiger partial charge in [-0.1, -0.05) is 10.4 Å². The molecule has 0 radical (unpaired) electrons. The summed E-state index contributed by atoms with van der Waals surface area (Å²) in [4.78, 5) is 18.2. The normalized spacial score (nSPS) is 18.0. The number of hydrogen-bond acceptors (Lipinski definition) is 8. The van der Waals surface area contributed by atoms with Crippen molar-refractivity contribution in [3.63, 3.8) is 0 Å². The Morgan fingerprint density at radius 1 is 1.19 bits per heavy atom. The Balaban J connectivity index is 1.39. The number of esters is 1. The van der Waals surface area contributed by atoms with Crippen molar-refractivity contribution in [2.75, 3.05) is 24.6 Å². The van der Waals surface area contributed by atoms with E-state index in [0.29, 0.717) is 49.2 Å². The number of alkyl halides is 2. The Morgan fingerprint density at radius 2 is 2.03 bits per heavy atom. The van der Waals surface area contributed by atoms with Crippen LogP contribution in [0, 0.1) is 11.8 Å². The van der Waals surface area contributed by atoms with Crippen LogP contribution in [-0.4, -0.2) is 60.6 Å². The Labute approximate surface area is 214 Å². The number of rotatable bonds is 10. The van der Waals surface area contributed by atoms with Crippen LogP contribution in [-0.2, 0) is 29.5 Å². The van der Waals surface area contributed by atoms with Gasteiger partial charge in [-0.3, -0.25) is 4.79 Å². The number of carbonyl (C=O) groups is 1. The fraction of sp³-hybridized carbons (Fsp3) is 0.600. The van der Waals surface area contributed by atoms with Gasteiger partial charge >= 0.3 is 5.97 Å². The number of piperidine rings is 1. The van der Waals surface area contributed by atoms with Crippen molar-refractivity contribution in [3.8, 4) is 11.4 Å². The van der Waals surface area contributed by atoms with E-state index in [-0.39, 0.29) is 24.0 Å². The van der Waals surface area contributed by atoms with Gasteiger partial charge in [0.1, 0.15) is 11.4 Å². The Kier molecular flexibility index (Phi) is 7.43. The largest absolute Gasteiger partial charge is 0.466 e. The van der Waals surface area contributed by atoms with Crippen molar-refractivity contribution >= 4 is 11.7 Å². The number of aryl methyl sites for hydroxylation is 1. The van der Waals surface area contributed by atoms with E-state index in [1.807, 2.05) is 9.58 Å². The number of nitrogens with zero attached hydrogens (tertiary/aromatic N) is 8. The summed E-state index contributed by atoms with van der Waals surface area (Å²) in [5.41, 5.74) is 2.64. The van der Waals surface area contributed by atoms with Gasteiger partial charge in [0, 0.05) is 20.1 Å². The first-order chi connectivity index (χ1) is 17.9. The summed E-state index contributed by atoms with van der Waals surface area (Å²) in [6.07, 6.45) is 4.33. The van der Waals surface area contributed by atoms with Gasteiger partial charge < -0.3 is 9.64 Å². The lowest BCUT2D eigenvalue weighted by Gasteiger charge is -2.35. The molecule has 0 unspecified atom stereocenters. The zero-order chi connectivity index (χ0) is 25.9. The number of anilines is 1. The first kappa shape index (κ1) is 25.2. The van der Waals surface area contributed by atoms with Crippen LogP contribution in [0.3, 0.4) is 0 Å². The van der Waals surface area contributed by atoms with Crippen LogP contribution in [0.5, 0.6) is 0 Å². The van der Waals surface area contributed by atoms with Crippen LogP contribution < -0.4 is 4.90 Å². The zero-order valence-electron chi connectivity index (χ0n) is 21.2. The average Bonchev–Trinajstić information content (AvgIpc) is 3.48. The third-order valence-corrected chi connectivity index (χ3v) is 7.11. The van der Waals surface area contributed by atoms with Gasteiger partial charge in [0.15, 0.2) is 0 Å². The molecule has 0 bridgehead atoms. The van der Waals surface area contributed by atoms with Crippen molar-refractivity contribution in [2.45, 2.75) is 58.4 Å². The van der Waals surface area contributed by atoms with Gasteiger partial charge in [-0.25, -0.2) is 23.1 Å². The molecule has 3 aromatic heterocycles. The predicted octanol–water partition coefficient (Wildman–Crippen LogP) is 3.58. The zero-order valence-corrected chi connectivity index (χ0v) is 21.2. The summed E-state index contributed by atoms with van der Waals surface area (Å²) >= 11 is 0. The SMILES string of the molecule is CCOC(=O)C[C@H]1CCCN(c2ccc(-c3nnn(C)c3Cn3nncc3CC3CC3)nc2C(F)F)C1. The monoisotopic (exact) mass is 514 g/mol. The minimum atomic E-state index is -2.76. The summed E-state index contributed by atoms with van der Waals surface area (Å²) < 4.78 is 37.0. The first-order valence-corrected chi connectivity index (χ1v) is 12.9. The summed E-state index contributed by atoms with van der Waals surface area (Å²) in [5.74, 6) is 0.479. The second-order valence-electron chi connectivity index (χ2n) is 9.90. The number of carbonyl (C=O) groups excluding carboxylic acids is 1. The smallest absolute Gasteiger partial charge is 0.306 e. The summed E-state index contributed by atoms with van der Waals surface area (Å²) in [6, 6.07) is 3.40. The molecule has 5 rings (SSSR count). The maximum absolute atomic E-state index is 14.3. The van der Waals surface area contributed by atoms with Crippen LogP contribution in [0.15, 0.2) is 18.3 Å². The fourth-order valence-corrected chi connectivity index (χ4v) is 5.02. The predicted molar refractivity (Wildman–Crippen MR) is 131 cm³/mol. The first-order valence-electron chi connectivity index (χ1n) is 12.9. The molecule has 3 aromatic rings. The summed E-state index contributed by atoms with van der Waals surface area (Å²) in [5, 5.41) is 16.7. The van der Waals surface area contributed by atoms with Gasteiger partial charge in [-0.2, -0.15) is 0 Å². The number of halogens is 2. The molecule has 0 spiro atoms. The van der Waals surface area contributed by atoms with Crippen molar-refractivity contribution in [1.82, 2.24) is 35.0 Å². The van der Waals surface area contributed by atoms with E-state index in [0.717, 1.165) is 30.7 Å². The Bertz CT molecular complexity index is 1240. The third kappa shape index (κ3) is 5.78. The Morgan fingerprint density at radius 3 is 2.78 bits per heavy atom.